The van der Waals surface area contributed by atoms with Crippen LogP contribution in [0.15, 0.2) is 0 Å². The fourth-order valence-corrected chi connectivity index (χ4v) is 0.970. The monoisotopic (exact) mass is 157 g/mol. The zero-order valence-corrected chi connectivity index (χ0v) is 5.70. The maximum Gasteiger partial charge on any atom is 0.133 e. The molecule has 0 radical (unpaired) electrons. The summed E-state index contributed by atoms with van der Waals surface area (Å²) in [7, 11) is 0. The van der Waals surface area contributed by atoms with Gasteiger partial charge in [0.2, 0.25) is 0 Å². The summed E-state index contributed by atoms with van der Waals surface area (Å²) in [6, 6.07) is -0.250. The highest BCUT2D eigenvalue weighted by molar-refractivity contribution is 5.85. The summed E-state index contributed by atoms with van der Waals surface area (Å²) in [5, 5.41) is 0. The Labute approximate surface area is 59.0 Å². The molecular weight excluding hydrogens is 148 g/mol. The van der Waals surface area contributed by atoms with Gasteiger partial charge in [0, 0.05) is 6.04 Å². The van der Waals surface area contributed by atoms with E-state index in [9.17, 15) is 8.78 Å². The van der Waals surface area contributed by atoms with Gasteiger partial charge in [-0.1, -0.05) is 0 Å². The molecule has 0 aromatic rings. The van der Waals surface area contributed by atoms with Gasteiger partial charge >= 0.3 is 0 Å². The third-order valence-corrected chi connectivity index (χ3v) is 1.45. The number of hydrogen-bond donors (Lipinski definition) is 1. The lowest BCUT2D eigenvalue weighted by atomic mass is 10.3. The smallest absolute Gasteiger partial charge is 0.133 e. The quantitative estimate of drug-likeness (QED) is 0.562. The molecular formula is C5H10ClF2N. The van der Waals surface area contributed by atoms with E-state index in [0.29, 0.717) is 0 Å². The topological polar surface area (TPSA) is 26.0 Å². The van der Waals surface area contributed by atoms with Crippen LogP contribution in [0, 0.1) is 0 Å². The fraction of sp³-hybridized carbons (Fsp3) is 1.00. The van der Waals surface area contributed by atoms with Crippen molar-refractivity contribution in [2.24, 2.45) is 5.73 Å². The predicted molar refractivity (Wildman–Crippen MR) is 34.2 cm³/mol. The lowest BCUT2D eigenvalue weighted by Gasteiger charge is -1.96. The second-order valence-electron chi connectivity index (χ2n) is 2.26. The van der Waals surface area contributed by atoms with Crippen molar-refractivity contribution in [1.29, 1.82) is 0 Å². The Balaban J connectivity index is 0.000000640. The van der Waals surface area contributed by atoms with Gasteiger partial charge in [-0.2, -0.15) is 0 Å². The molecule has 0 aromatic carbocycles. The van der Waals surface area contributed by atoms with Crippen LogP contribution >= 0.6 is 12.4 Å². The average Bonchev–Trinajstić information content (AvgIpc) is 1.85. The highest BCUT2D eigenvalue weighted by Gasteiger charge is 2.31. The predicted octanol–water partition coefficient (Wildman–Crippen LogP) is 1.21. The van der Waals surface area contributed by atoms with Gasteiger partial charge in [-0.3, -0.25) is 0 Å². The molecule has 2 N–H and O–H groups in total. The van der Waals surface area contributed by atoms with E-state index in [1.165, 1.54) is 0 Å². The lowest BCUT2D eigenvalue weighted by molar-refractivity contribution is 0.199. The zero-order valence-electron chi connectivity index (χ0n) is 4.89. The fourth-order valence-electron chi connectivity index (χ4n) is 0.970. The Morgan fingerprint density at radius 3 is 1.56 bits per heavy atom. The molecule has 1 fully saturated rings. The molecule has 56 valence electrons. The first-order chi connectivity index (χ1) is 3.70. The van der Waals surface area contributed by atoms with Gasteiger partial charge in [0.25, 0.3) is 0 Å². The standard InChI is InChI=1S/C5H9F2N.ClH/c6-4-1-3(8)2-5(4)7;/h3-5H,1-2,8H2;1H/t3?,4-,5+;. The molecule has 1 aliphatic rings. The molecule has 0 saturated heterocycles. The van der Waals surface area contributed by atoms with E-state index in [4.69, 9.17) is 5.73 Å². The third kappa shape index (κ3) is 2.06. The van der Waals surface area contributed by atoms with Crippen molar-refractivity contribution in [3.05, 3.63) is 0 Å². The average molecular weight is 158 g/mol. The van der Waals surface area contributed by atoms with Crippen molar-refractivity contribution in [2.45, 2.75) is 31.2 Å². The van der Waals surface area contributed by atoms with Crippen LogP contribution in [0.1, 0.15) is 12.8 Å². The number of halogens is 3. The Morgan fingerprint density at radius 1 is 1.11 bits per heavy atom. The molecule has 1 rings (SSSR count). The minimum Gasteiger partial charge on any atom is -0.327 e. The summed E-state index contributed by atoms with van der Waals surface area (Å²) in [6.07, 6.45) is -2.21. The Bertz CT molecular complexity index is 81.0. The lowest BCUT2D eigenvalue weighted by Crippen LogP contribution is -2.15. The van der Waals surface area contributed by atoms with E-state index >= 15 is 0 Å². The van der Waals surface area contributed by atoms with Crippen LogP contribution in [-0.4, -0.2) is 18.4 Å². The van der Waals surface area contributed by atoms with Crippen LogP contribution < -0.4 is 5.73 Å². The van der Waals surface area contributed by atoms with Crippen molar-refractivity contribution < 1.29 is 8.78 Å². The van der Waals surface area contributed by atoms with E-state index in [-0.39, 0.29) is 31.3 Å². The van der Waals surface area contributed by atoms with Crippen LogP contribution in [0.25, 0.3) is 0 Å². The molecule has 0 amide bonds. The molecule has 0 bridgehead atoms. The molecule has 0 heterocycles. The van der Waals surface area contributed by atoms with Gasteiger partial charge in [-0.15, -0.1) is 12.4 Å². The van der Waals surface area contributed by atoms with Gasteiger partial charge in [0.1, 0.15) is 12.3 Å². The number of rotatable bonds is 0. The normalized spacial score (nSPS) is 42.3. The summed E-state index contributed by atoms with van der Waals surface area (Å²) in [4.78, 5) is 0. The first-order valence-electron chi connectivity index (χ1n) is 2.74. The first-order valence-corrected chi connectivity index (χ1v) is 2.74. The Hall–Kier alpha value is 0.110. The second-order valence-corrected chi connectivity index (χ2v) is 2.26. The molecule has 4 heteroatoms. The second kappa shape index (κ2) is 3.32. The molecule has 1 unspecified atom stereocenters. The van der Waals surface area contributed by atoms with E-state index in [2.05, 4.69) is 0 Å². The van der Waals surface area contributed by atoms with Crippen LogP contribution in [0.5, 0.6) is 0 Å². The molecule has 1 saturated carbocycles. The van der Waals surface area contributed by atoms with E-state index in [0.717, 1.165) is 0 Å². The molecule has 3 atom stereocenters. The summed E-state index contributed by atoms with van der Waals surface area (Å²) in [6.45, 7) is 0. The first kappa shape index (κ1) is 9.11. The van der Waals surface area contributed by atoms with Crippen molar-refractivity contribution >= 4 is 12.4 Å². The molecule has 9 heavy (non-hydrogen) atoms. The van der Waals surface area contributed by atoms with Gasteiger partial charge in [0.05, 0.1) is 0 Å². The maximum absolute atomic E-state index is 12.1. The van der Waals surface area contributed by atoms with E-state index in [1.807, 2.05) is 0 Å². The number of nitrogens with two attached hydrogens (primary N) is 1. The summed E-state index contributed by atoms with van der Waals surface area (Å²) in [5.41, 5.74) is 5.24. The van der Waals surface area contributed by atoms with Gasteiger partial charge in [-0.05, 0) is 12.8 Å². The number of hydrogen-bond acceptors (Lipinski definition) is 1. The van der Waals surface area contributed by atoms with Gasteiger partial charge < -0.3 is 5.73 Å². The molecule has 0 spiro atoms. The highest BCUT2D eigenvalue weighted by Crippen LogP contribution is 2.23. The molecule has 0 aliphatic heterocycles. The largest absolute Gasteiger partial charge is 0.327 e. The van der Waals surface area contributed by atoms with Crippen molar-refractivity contribution in [2.75, 3.05) is 0 Å². The van der Waals surface area contributed by atoms with Crippen molar-refractivity contribution in [3.63, 3.8) is 0 Å². The Morgan fingerprint density at radius 2 is 1.44 bits per heavy atom. The van der Waals surface area contributed by atoms with Crippen molar-refractivity contribution in [1.82, 2.24) is 0 Å². The SMILES string of the molecule is Cl.NC1C[C@@H](F)[C@@H](F)C1. The molecule has 0 aromatic heterocycles. The van der Waals surface area contributed by atoms with Gasteiger partial charge in [-0.25, -0.2) is 8.78 Å². The van der Waals surface area contributed by atoms with Crippen LogP contribution in [0.4, 0.5) is 8.78 Å². The van der Waals surface area contributed by atoms with Crippen LogP contribution in [0.3, 0.4) is 0 Å². The van der Waals surface area contributed by atoms with Crippen LogP contribution in [-0.2, 0) is 0 Å². The third-order valence-electron chi connectivity index (χ3n) is 1.45. The Kier molecular flexibility index (Phi) is 3.36. The minimum atomic E-state index is -1.30. The maximum atomic E-state index is 12.1. The summed E-state index contributed by atoms with van der Waals surface area (Å²) in [5.74, 6) is 0. The van der Waals surface area contributed by atoms with E-state index < -0.39 is 12.3 Å². The zero-order chi connectivity index (χ0) is 6.15. The van der Waals surface area contributed by atoms with Gasteiger partial charge in [0.15, 0.2) is 0 Å². The molecule has 1 aliphatic carbocycles. The summed E-state index contributed by atoms with van der Waals surface area (Å²) >= 11 is 0. The minimum absolute atomic E-state index is 0. The highest BCUT2D eigenvalue weighted by atomic mass is 35.5. The summed E-state index contributed by atoms with van der Waals surface area (Å²) < 4.78 is 24.2. The molecule has 1 nitrogen and oxygen atoms in total. The van der Waals surface area contributed by atoms with Crippen molar-refractivity contribution in [3.8, 4) is 0 Å². The van der Waals surface area contributed by atoms with Crippen LogP contribution in [0.2, 0.25) is 0 Å². The number of alkyl halides is 2. The van der Waals surface area contributed by atoms with E-state index in [1.54, 1.807) is 0 Å².